The molecule has 0 amide bonds. The second-order valence-corrected chi connectivity index (χ2v) is 6.95. The van der Waals surface area contributed by atoms with Gasteiger partial charge < -0.3 is 0 Å². The summed E-state index contributed by atoms with van der Waals surface area (Å²) < 4.78 is 28.0. The molecule has 2 aromatic rings. The summed E-state index contributed by atoms with van der Waals surface area (Å²) in [4.78, 5) is 0.281. The number of benzene rings is 2. The fourth-order valence-corrected chi connectivity index (χ4v) is 3.62. The van der Waals surface area contributed by atoms with E-state index in [2.05, 4.69) is 20.7 Å². The molecule has 0 unspecified atom stereocenters. The summed E-state index contributed by atoms with van der Waals surface area (Å²) in [7, 11) is -3.56. The van der Waals surface area contributed by atoms with Gasteiger partial charge in [0.2, 0.25) is 0 Å². The Morgan fingerprint density at radius 1 is 1.05 bits per heavy atom. The molecular weight excluding hydrogens is 326 g/mol. The van der Waals surface area contributed by atoms with Crippen molar-refractivity contribution in [1.29, 1.82) is 0 Å². The van der Waals surface area contributed by atoms with Crippen LogP contribution in [-0.2, 0) is 10.0 Å². The minimum atomic E-state index is -3.56. The molecule has 5 heteroatoms. The number of hydrogen-bond donors (Lipinski definition) is 1. The smallest absolute Gasteiger partial charge is 0.262 e. The van der Waals surface area contributed by atoms with E-state index >= 15 is 0 Å². The monoisotopic (exact) mass is 339 g/mol. The first kappa shape index (κ1) is 14.1. The summed E-state index contributed by atoms with van der Waals surface area (Å²) >= 11 is 3.29. The lowest BCUT2D eigenvalue weighted by molar-refractivity contribution is 0.600. The zero-order valence-electron chi connectivity index (χ0n) is 10.6. The van der Waals surface area contributed by atoms with Crippen LogP contribution < -0.4 is 4.72 Å². The third kappa shape index (κ3) is 3.36. The molecule has 0 aliphatic carbocycles. The Labute approximate surface area is 121 Å². The van der Waals surface area contributed by atoms with E-state index in [-0.39, 0.29) is 4.90 Å². The van der Waals surface area contributed by atoms with E-state index in [0.717, 1.165) is 10.0 Å². The van der Waals surface area contributed by atoms with Crippen LogP contribution in [0.15, 0.2) is 51.8 Å². The van der Waals surface area contributed by atoms with Gasteiger partial charge in [-0.3, -0.25) is 4.72 Å². The molecule has 19 heavy (non-hydrogen) atoms. The van der Waals surface area contributed by atoms with E-state index in [1.807, 2.05) is 25.1 Å². The predicted molar refractivity (Wildman–Crippen MR) is 80.9 cm³/mol. The molecule has 3 nitrogen and oxygen atoms in total. The lowest BCUT2D eigenvalue weighted by atomic mass is 10.2. The zero-order chi connectivity index (χ0) is 14.0. The Hall–Kier alpha value is -1.33. The SMILES string of the molecule is Cc1cccc(NS(=O)(=O)c2cc(Br)ccc2C)c1. The van der Waals surface area contributed by atoms with Crippen molar-refractivity contribution in [3.8, 4) is 0 Å². The lowest BCUT2D eigenvalue weighted by Gasteiger charge is -2.11. The van der Waals surface area contributed by atoms with Gasteiger partial charge in [0.1, 0.15) is 0 Å². The summed E-state index contributed by atoms with van der Waals surface area (Å²) in [5.74, 6) is 0. The topological polar surface area (TPSA) is 46.2 Å². The fraction of sp³-hybridized carbons (Fsp3) is 0.143. The van der Waals surface area contributed by atoms with Crippen molar-refractivity contribution < 1.29 is 8.42 Å². The summed E-state index contributed by atoms with van der Waals surface area (Å²) in [6.45, 7) is 3.69. The zero-order valence-corrected chi connectivity index (χ0v) is 13.0. The minimum Gasteiger partial charge on any atom is -0.280 e. The second kappa shape index (κ2) is 5.35. The first-order valence-electron chi connectivity index (χ1n) is 5.74. The summed E-state index contributed by atoms with van der Waals surface area (Å²) in [5.41, 5.74) is 2.29. The Bertz CT molecular complexity index is 711. The number of sulfonamides is 1. The quantitative estimate of drug-likeness (QED) is 0.922. The molecule has 0 saturated heterocycles. The van der Waals surface area contributed by atoms with Gasteiger partial charge in [-0.05, 0) is 49.2 Å². The third-order valence-electron chi connectivity index (χ3n) is 2.71. The van der Waals surface area contributed by atoms with Crippen molar-refractivity contribution in [2.75, 3.05) is 4.72 Å². The summed E-state index contributed by atoms with van der Waals surface area (Å²) in [6.07, 6.45) is 0. The summed E-state index contributed by atoms with van der Waals surface area (Å²) in [6, 6.07) is 12.5. The molecular formula is C14H14BrNO2S. The molecule has 0 saturated carbocycles. The number of hydrogen-bond acceptors (Lipinski definition) is 2. The molecule has 0 atom stereocenters. The highest BCUT2D eigenvalue weighted by Crippen LogP contribution is 2.23. The molecule has 0 aromatic heterocycles. The van der Waals surface area contributed by atoms with Crippen LogP contribution in [0.3, 0.4) is 0 Å². The molecule has 0 aliphatic rings. The Morgan fingerprint density at radius 3 is 2.47 bits per heavy atom. The minimum absolute atomic E-state index is 0.281. The first-order valence-corrected chi connectivity index (χ1v) is 8.02. The van der Waals surface area contributed by atoms with Crippen molar-refractivity contribution in [1.82, 2.24) is 0 Å². The number of halogens is 1. The Morgan fingerprint density at radius 2 is 1.79 bits per heavy atom. The highest BCUT2D eigenvalue weighted by atomic mass is 79.9. The largest absolute Gasteiger partial charge is 0.280 e. The van der Waals surface area contributed by atoms with Crippen molar-refractivity contribution in [2.24, 2.45) is 0 Å². The molecule has 0 spiro atoms. The molecule has 0 radical (unpaired) electrons. The van der Waals surface area contributed by atoms with Crippen LogP contribution in [0, 0.1) is 13.8 Å². The van der Waals surface area contributed by atoms with Gasteiger partial charge in [0.15, 0.2) is 0 Å². The lowest BCUT2D eigenvalue weighted by Crippen LogP contribution is -2.14. The summed E-state index contributed by atoms with van der Waals surface area (Å²) in [5, 5.41) is 0. The normalized spacial score (nSPS) is 11.3. The third-order valence-corrected chi connectivity index (χ3v) is 4.73. The number of aryl methyl sites for hydroxylation is 2. The molecule has 1 N–H and O–H groups in total. The average molecular weight is 340 g/mol. The van der Waals surface area contributed by atoms with Crippen LogP contribution in [0.2, 0.25) is 0 Å². The van der Waals surface area contributed by atoms with Gasteiger partial charge >= 0.3 is 0 Å². The molecule has 2 aromatic carbocycles. The molecule has 0 fully saturated rings. The predicted octanol–water partition coefficient (Wildman–Crippen LogP) is 3.87. The highest BCUT2D eigenvalue weighted by molar-refractivity contribution is 9.10. The maximum Gasteiger partial charge on any atom is 0.262 e. The number of anilines is 1. The van der Waals surface area contributed by atoms with Gasteiger partial charge in [0.05, 0.1) is 4.90 Å². The van der Waals surface area contributed by atoms with Crippen LogP contribution in [0.1, 0.15) is 11.1 Å². The molecule has 0 bridgehead atoms. The van der Waals surface area contributed by atoms with Gasteiger partial charge in [-0.15, -0.1) is 0 Å². The molecule has 0 aliphatic heterocycles. The van der Waals surface area contributed by atoms with Gasteiger partial charge in [0, 0.05) is 10.2 Å². The van der Waals surface area contributed by atoms with Crippen LogP contribution in [0.5, 0.6) is 0 Å². The standard InChI is InChI=1S/C14H14BrNO2S/c1-10-4-3-5-13(8-10)16-19(17,18)14-9-12(15)7-6-11(14)2/h3-9,16H,1-2H3. The molecule has 100 valence electrons. The Kier molecular flexibility index (Phi) is 3.96. The van der Waals surface area contributed by atoms with Crippen LogP contribution >= 0.6 is 15.9 Å². The van der Waals surface area contributed by atoms with E-state index < -0.39 is 10.0 Å². The van der Waals surface area contributed by atoms with Crippen LogP contribution in [0.4, 0.5) is 5.69 Å². The van der Waals surface area contributed by atoms with Gasteiger partial charge in [-0.25, -0.2) is 8.42 Å². The van der Waals surface area contributed by atoms with E-state index in [1.165, 1.54) is 0 Å². The van der Waals surface area contributed by atoms with Crippen molar-refractivity contribution >= 4 is 31.6 Å². The molecule has 2 rings (SSSR count). The average Bonchev–Trinajstić information content (AvgIpc) is 2.31. The van der Waals surface area contributed by atoms with E-state index in [4.69, 9.17) is 0 Å². The van der Waals surface area contributed by atoms with Gasteiger partial charge in [0.25, 0.3) is 10.0 Å². The van der Waals surface area contributed by atoms with Gasteiger partial charge in [-0.2, -0.15) is 0 Å². The Balaban J connectivity index is 2.40. The van der Waals surface area contributed by atoms with E-state index in [0.29, 0.717) is 11.3 Å². The van der Waals surface area contributed by atoms with E-state index in [9.17, 15) is 8.42 Å². The van der Waals surface area contributed by atoms with Gasteiger partial charge in [-0.1, -0.05) is 34.1 Å². The van der Waals surface area contributed by atoms with E-state index in [1.54, 1.807) is 31.2 Å². The fourth-order valence-electron chi connectivity index (χ4n) is 1.78. The first-order chi connectivity index (χ1) is 8.88. The number of nitrogens with one attached hydrogen (secondary N) is 1. The highest BCUT2D eigenvalue weighted by Gasteiger charge is 2.17. The second-order valence-electron chi connectivity index (χ2n) is 4.38. The maximum absolute atomic E-state index is 12.4. The van der Waals surface area contributed by atoms with Crippen LogP contribution in [-0.4, -0.2) is 8.42 Å². The van der Waals surface area contributed by atoms with Crippen molar-refractivity contribution in [3.63, 3.8) is 0 Å². The van der Waals surface area contributed by atoms with Crippen molar-refractivity contribution in [3.05, 3.63) is 58.1 Å². The number of rotatable bonds is 3. The maximum atomic E-state index is 12.4. The molecule has 0 heterocycles. The van der Waals surface area contributed by atoms with Crippen molar-refractivity contribution in [2.45, 2.75) is 18.7 Å². The van der Waals surface area contributed by atoms with Crippen LogP contribution in [0.25, 0.3) is 0 Å².